The fraction of sp³-hybridized carbons (Fsp3) is 0.462. The molecule has 0 aliphatic carbocycles. The van der Waals surface area contributed by atoms with Gasteiger partial charge in [-0.2, -0.15) is 0 Å². The number of rotatable bonds is 4. The van der Waals surface area contributed by atoms with E-state index in [0.29, 0.717) is 5.90 Å². The molecular formula is C13H16FNO3. The summed E-state index contributed by atoms with van der Waals surface area (Å²) in [5.74, 6) is 0.338. The Morgan fingerprint density at radius 3 is 2.78 bits per heavy atom. The van der Waals surface area contributed by atoms with Crippen LogP contribution in [-0.2, 0) is 4.74 Å². The lowest BCUT2D eigenvalue weighted by molar-refractivity contribution is -0.0496. The van der Waals surface area contributed by atoms with E-state index < -0.39 is 19.1 Å². The Morgan fingerprint density at radius 1 is 1.39 bits per heavy atom. The lowest BCUT2D eigenvalue weighted by Crippen LogP contribution is -2.32. The van der Waals surface area contributed by atoms with Crippen LogP contribution in [0, 0.1) is 0 Å². The number of alkyl halides is 1. The summed E-state index contributed by atoms with van der Waals surface area (Å²) in [6, 6.07) is 8.86. The van der Waals surface area contributed by atoms with E-state index in [2.05, 4.69) is 4.99 Å². The van der Waals surface area contributed by atoms with Crippen LogP contribution in [0.2, 0.25) is 0 Å². The van der Waals surface area contributed by atoms with Gasteiger partial charge in [-0.15, -0.1) is 0 Å². The molecule has 0 saturated heterocycles. The topological polar surface area (TPSA) is 62.0 Å². The Kier molecular flexibility index (Phi) is 4.28. The number of benzene rings is 1. The van der Waals surface area contributed by atoms with Crippen LogP contribution in [0.3, 0.4) is 0 Å². The lowest BCUT2D eigenvalue weighted by Gasteiger charge is -2.26. The van der Waals surface area contributed by atoms with Gasteiger partial charge in [0.25, 0.3) is 0 Å². The first kappa shape index (κ1) is 13.0. The highest BCUT2D eigenvalue weighted by Crippen LogP contribution is 2.20. The Labute approximate surface area is 105 Å². The summed E-state index contributed by atoms with van der Waals surface area (Å²) in [6.07, 6.45) is -1.55. The summed E-state index contributed by atoms with van der Waals surface area (Å²) in [5.41, 5.74) is 0.760. The van der Waals surface area contributed by atoms with Crippen molar-refractivity contribution in [2.45, 2.75) is 31.3 Å². The molecule has 1 aromatic carbocycles. The van der Waals surface area contributed by atoms with Crippen molar-refractivity contribution in [3.05, 3.63) is 35.9 Å². The van der Waals surface area contributed by atoms with Crippen molar-refractivity contribution in [3.8, 4) is 0 Å². The van der Waals surface area contributed by atoms with Crippen molar-refractivity contribution in [1.82, 2.24) is 0 Å². The summed E-state index contributed by atoms with van der Waals surface area (Å²) in [6.45, 7) is -0.802. The Balaban J connectivity index is 2.14. The molecule has 1 aliphatic rings. The summed E-state index contributed by atoms with van der Waals surface area (Å²) in [5, 5.41) is 18.9. The van der Waals surface area contributed by atoms with E-state index in [1.165, 1.54) is 0 Å². The molecule has 1 aliphatic heterocycles. The SMILES string of the molecule is OC(CF)CC1CC(O)OC(c2ccccc2)=N1. The molecule has 98 valence electrons. The van der Waals surface area contributed by atoms with Gasteiger partial charge in [0.15, 0.2) is 0 Å². The third-order valence-electron chi connectivity index (χ3n) is 2.76. The molecule has 0 spiro atoms. The molecule has 2 N–H and O–H groups in total. The van der Waals surface area contributed by atoms with Crippen molar-refractivity contribution < 1.29 is 19.3 Å². The van der Waals surface area contributed by atoms with E-state index in [1.807, 2.05) is 30.3 Å². The second-order valence-electron chi connectivity index (χ2n) is 4.31. The van der Waals surface area contributed by atoms with Gasteiger partial charge in [0.1, 0.15) is 6.67 Å². The van der Waals surface area contributed by atoms with Crippen LogP contribution in [0.15, 0.2) is 35.3 Å². The van der Waals surface area contributed by atoms with E-state index in [0.717, 1.165) is 5.56 Å². The van der Waals surface area contributed by atoms with Crippen LogP contribution in [0.5, 0.6) is 0 Å². The molecule has 18 heavy (non-hydrogen) atoms. The highest BCUT2D eigenvalue weighted by Gasteiger charge is 2.25. The summed E-state index contributed by atoms with van der Waals surface area (Å²) >= 11 is 0. The molecule has 3 atom stereocenters. The van der Waals surface area contributed by atoms with Crippen LogP contribution in [0.1, 0.15) is 18.4 Å². The minimum Gasteiger partial charge on any atom is -0.448 e. The van der Waals surface area contributed by atoms with Crippen LogP contribution >= 0.6 is 0 Å². The zero-order valence-electron chi connectivity index (χ0n) is 9.87. The van der Waals surface area contributed by atoms with E-state index >= 15 is 0 Å². The fourth-order valence-corrected chi connectivity index (χ4v) is 1.91. The molecule has 5 heteroatoms. The third kappa shape index (κ3) is 3.27. The van der Waals surface area contributed by atoms with E-state index in [1.54, 1.807) is 0 Å². The molecule has 0 fully saturated rings. The van der Waals surface area contributed by atoms with Gasteiger partial charge in [-0.05, 0) is 18.6 Å². The Morgan fingerprint density at radius 2 is 2.11 bits per heavy atom. The predicted octanol–water partition coefficient (Wildman–Crippen LogP) is 1.26. The molecule has 0 radical (unpaired) electrons. The van der Waals surface area contributed by atoms with E-state index in [4.69, 9.17) is 4.74 Å². The van der Waals surface area contributed by atoms with Crippen molar-refractivity contribution >= 4 is 5.90 Å². The standard InChI is InChI=1S/C13H16FNO3/c14-8-11(16)6-10-7-12(17)18-13(15-10)9-4-2-1-3-5-9/h1-5,10-12,16-17H,6-8H2. The van der Waals surface area contributed by atoms with Gasteiger partial charge in [0, 0.05) is 12.0 Å². The molecule has 1 aromatic rings. The summed E-state index contributed by atoms with van der Waals surface area (Å²) in [7, 11) is 0. The maximum Gasteiger partial charge on any atom is 0.218 e. The zero-order chi connectivity index (χ0) is 13.0. The summed E-state index contributed by atoms with van der Waals surface area (Å²) < 4.78 is 17.5. The highest BCUT2D eigenvalue weighted by molar-refractivity contribution is 5.94. The number of halogens is 1. The van der Waals surface area contributed by atoms with Gasteiger partial charge in [0.05, 0.1) is 12.1 Å². The van der Waals surface area contributed by atoms with E-state index in [-0.39, 0.29) is 18.9 Å². The predicted molar refractivity (Wildman–Crippen MR) is 65.1 cm³/mol. The maximum absolute atomic E-state index is 12.3. The number of aliphatic imine (C=N–C) groups is 1. The summed E-state index contributed by atoms with van der Waals surface area (Å²) in [4.78, 5) is 4.30. The minimum absolute atomic E-state index is 0.188. The molecule has 0 aromatic heterocycles. The molecule has 2 rings (SSSR count). The quantitative estimate of drug-likeness (QED) is 0.849. The van der Waals surface area contributed by atoms with Crippen LogP contribution in [-0.4, -0.2) is 41.2 Å². The van der Waals surface area contributed by atoms with Gasteiger partial charge < -0.3 is 14.9 Å². The highest BCUT2D eigenvalue weighted by atomic mass is 19.1. The van der Waals surface area contributed by atoms with Crippen molar-refractivity contribution in [1.29, 1.82) is 0 Å². The van der Waals surface area contributed by atoms with Gasteiger partial charge in [-0.3, -0.25) is 0 Å². The van der Waals surface area contributed by atoms with Crippen molar-refractivity contribution in [3.63, 3.8) is 0 Å². The molecule has 1 heterocycles. The third-order valence-corrected chi connectivity index (χ3v) is 2.76. The minimum atomic E-state index is -1.04. The average molecular weight is 253 g/mol. The van der Waals surface area contributed by atoms with Gasteiger partial charge in [-0.1, -0.05) is 18.2 Å². The number of hydrogen-bond acceptors (Lipinski definition) is 4. The van der Waals surface area contributed by atoms with Crippen molar-refractivity contribution in [2.24, 2.45) is 4.99 Å². The first-order chi connectivity index (χ1) is 8.69. The number of aliphatic hydroxyl groups excluding tert-OH is 2. The molecule has 3 unspecified atom stereocenters. The van der Waals surface area contributed by atoms with Gasteiger partial charge >= 0.3 is 0 Å². The molecular weight excluding hydrogens is 237 g/mol. The van der Waals surface area contributed by atoms with Crippen LogP contribution in [0.25, 0.3) is 0 Å². The number of ether oxygens (including phenoxy) is 1. The van der Waals surface area contributed by atoms with E-state index in [9.17, 15) is 14.6 Å². The molecule has 0 bridgehead atoms. The van der Waals surface area contributed by atoms with Gasteiger partial charge in [-0.25, -0.2) is 9.38 Å². The van der Waals surface area contributed by atoms with Crippen LogP contribution in [0.4, 0.5) is 4.39 Å². The molecule has 0 amide bonds. The smallest absolute Gasteiger partial charge is 0.218 e. The Hall–Kier alpha value is -1.46. The second kappa shape index (κ2) is 5.93. The van der Waals surface area contributed by atoms with Gasteiger partial charge in [0.2, 0.25) is 12.2 Å². The second-order valence-corrected chi connectivity index (χ2v) is 4.31. The largest absolute Gasteiger partial charge is 0.448 e. The first-order valence-corrected chi connectivity index (χ1v) is 5.91. The monoisotopic (exact) mass is 253 g/mol. The average Bonchev–Trinajstić information content (AvgIpc) is 2.39. The zero-order valence-corrected chi connectivity index (χ0v) is 9.87. The first-order valence-electron chi connectivity index (χ1n) is 5.91. The normalized spacial score (nSPS) is 25.2. The molecule has 4 nitrogen and oxygen atoms in total. The molecule has 0 saturated carbocycles. The Bertz CT molecular complexity index is 410. The maximum atomic E-state index is 12.3. The van der Waals surface area contributed by atoms with Crippen molar-refractivity contribution in [2.75, 3.05) is 6.67 Å². The van der Waals surface area contributed by atoms with Crippen LogP contribution < -0.4 is 0 Å². The number of aliphatic hydroxyl groups is 2. The number of nitrogens with zero attached hydrogens (tertiary/aromatic N) is 1. The lowest BCUT2D eigenvalue weighted by atomic mass is 10.1. The fourth-order valence-electron chi connectivity index (χ4n) is 1.91. The number of hydrogen-bond donors (Lipinski definition) is 2.